The van der Waals surface area contributed by atoms with Crippen LogP contribution >= 0.6 is 0 Å². The van der Waals surface area contributed by atoms with Crippen molar-refractivity contribution < 1.29 is 71.0 Å². The number of halogens is 4. The number of hydrogen-bond acceptors (Lipinski definition) is 4. The molecule has 0 aromatic heterocycles. The molecule has 0 saturated carbocycles. The van der Waals surface area contributed by atoms with Crippen LogP contribution in [0.25, 0.3) is 0 Å². The van der Waals surface area contributed by atoms with Gasteiger partial charge < -0.3 is 6.16 Å². The van der Waals surface area contributed by atoms with E-state index in [1.165, 1.54) is 20.8 Å². The first-order valence-electron chi connectivity index (χ1n) is 5.03. The van der Waals surface area contributed by atoms with E-state index >= 15 is 0 Å². The van der Waals surface area contributed by atoms with Crippen molar-refractivity contribution in [2.45, 2.75) is 38.4 Å². The van der Waals surface area contributed by atoms with Gasteiger partial charge in [-0.2, -0.15) is 26.0 Å². The third-order valence-corrected chi connectivity index (χ3v) is 2.96. The van der Waals surface area contributed by atoms with E-state index in [4.69, 9.17) is 4.55 Å². The van der Waals surface area contributed by atoms with E-state index in [2.05, 4.69) is 4.74 Å². The predicted octanol–water partition coefficient (Wildman–Crippen LogP) is -0.802. The van der Waals surface area contributed by atoms with Gasteiger partial charge in [0.2, 0.25) is 0 Å². The fraction of sp³-hybridized carbons (Fsp3) is 0.889. The van der Waals surface area contributed by atoms with Crippen LogP contribution in [-0.2, 0) is 19.6 Å². The van der Waals surface area contributed by atoms with Crippen LogP contribution in [0.2, 0.25) is 0 Å². The zero-order valence-corrected chi connectivity index (χ0v) is 14.2. The molecular formula is C9H15F4NaO5S. The van der Waals surface area contributed by atoms with Gasteiger partial charge in [0, 0.05) is 0 Å². The molecule has 0 saturated heterocycles. The quantitative estimate of drug-likeness (QED) is 0.308. The zero-order chi connectivity index (χ0) is 15.7. The van der Waals surface area contributed by atoms with Crippen LogP contribution in [0, 0.1) is 5.41 Å². The van der Waals surface area contributed by atoms with Gasteiger partial charge in [-0.05, 0) is 20.8 Å². The summed E-state index contributed by atoms with van der Waals surface area (Å²) >= 11 is 0. The van der Waals surface area contributed by atoms with E-state index in [1.54, 1.807) is 0 Å². The van der Waals surface area contributed by atoms with Gasteiger partial charge >= 0.3 is 56.8 Å². The maximum absolute atomic E-state index is 13.0. The van der Waals surface area contributed by atoms with Gasteiger partial charge in [-0.1, -0.05) is 0 Å². The first-order chi connectivity index (χ1) is 8.13. The minimum atomic E-state index is -6.26. The molecule has 0 bridgehead atoms. The molecule has 0 amide bonds. The fourth-order valence-electron chi connectivity index (χ4n) is 0.823. The van der Waals surface area contributed by atoms with Crippen molar-refractivity contribution in [1.82, 2.24) is 0 Å². The Balaban J connectivity index is -0.00000162. The largest absolute Gasteiger partial charge is 1.00 e. The molecule has 0 spiro atoms. The summed E-state index contributed by atoms with van der Waals surface area (Å²) in [5, 5.41) is -5.64. The molecule has 0 aliphatic rings. The number of rotatable bonds is 5. The van der Waals surface area contributed by atoms with E-state index in [9.17, 15) is 30.8 Å². The van der Waals surface area contributed by atoms with Gasteiger partial charge in [-0.15, -0.1) is 0 Å². The molecule has 5 nitrogen and oxygen atoms in total. The van der Waals surface area contributed by atoms with Crippen LogP contribution in [0.15, 0.2) is 0 Å². The molecule has 0 heterocycles. The topological polar surface area (TPSA) is 80.7 Å². The van der Waals surface area contributed by atoms with Crippen molar-refractivity contribution in [3.63, 3.8) is 0 Å². The summed E-state index contributed by atoms with van der Waals surface area (Å²) in [5.41, 5.74) is -1.01. The molecule has 116 valence electrons. The van der Waals surface area contributed by atoms with Crippen LogP contribution in [0.1, 0.15) is 28.6 Å². The summed E-state index contributed by atoms with van der Waals surface area (Å²) < 4.78 is 84.1. The molecule has 0 aliphatic heterocycles. The Labute approximate surface area is 137 Å². The number of carbonyl (C=O) groups is 1. The molecule has 0 fully saturated rings. The smallest absolute Gasteiger partial charge is 1.00 e. The Hall–Kier alpha value is 0.1000. The number of hydrogen-bond donors (Lipinski definition) is 1. The summed E-state index contributed by atoms with van der Waals surface area (Å²) in [5.74, 6) is -5.96. The summed E-state index contributed by atoms with van der Waals surface area (Å²) in [7, 11) is -6.26. The predicted molar refractivity (Wildman–Crippen MR) is 57.6 cm³/mol. The van der Waals surface area contributed by atoms with Gasteiger partial charge in [0.1, 0.15) is 0 Å². The number of alkyl halides is 4. The first kappa shape index (κ1) is 22.4. The van der Waals surface area contributed by atoms with Crippen molar-refractivity contribution in [2.24, 2.45) is 5.41 Å². The molecule has 0 unspecified atom stereocenters. The van der Waals surface area contributed by atoms with Crippen LogP contribution in [0.4, 0.5) is 17.6 Å². The van der Waals surface area contributed by atoms with Gasteiger partial charge in [-0.3, -0.25) is 9.35 Å². The third kappa shape index (κ3) is 5.47. The van der Waals surface area contributed by atoms with Crippen LogP contribution in [-0.4, -0.2) is 36.7 Å². The van der Waals surface area contributed by atoms with Crippen LogP contribution in [0.3, 0.4) is 0 Å². The number of esters is 1. The van der Waals surface area contributed by atoms with Crippen molar-refractivity contribution in [2.75, 3.05) is 6.61 Å². The summed E-state index contributed by atoms with van der Waals surface area (Å²) in [6, 6.07) is 0. The molecule has 0 radical (unpaired) electrons. The molecule has 0 aromatic carbocycles. The normalized spacial score (nSPS) is 13.6. The van der Waals surface area contributed by atoms with Crippen LogP contribution < -0.4 is 29.6 Å². The van der Waals surface area contributed by atoms with Gasteiger partial charge in [-0.25, -0.2) is 0 Å². The van der Waals surface area contributed by atoms with E-state index < -0.39 is 45.7 Å². The maximum Gasteiger partial charge on any atom is 1.00 e. The average molecular weight is 334 g/mol. The second kappa shape index (κ2) is 6.91. The Kier molecular flexibility index (Phi) is 7.73. The number of ether oxygens (including phenoxy) is 1. The van der Waals surface area contributed by atoms with E-state index in [-0.39, 0.29) is 31.0 Å². The fourth-order valence-corrected chi connectivity index (χ4v) is 1.30. The Bertz CT molecular complexity index is 450. The summed E-state index contributed by atoms with van der Waals surface area (Å²) in [6.45, 7) is 3.15. The van der Waals surface area contributed by atoms with Crippen molar-refractivity contribution in [1.29, 1.82) is 0 Å². The molecule has 0 aliphatic carbocycles. The van der Waals surface area contributed by atoms with E-state index in [0.717, 1.165) is 0 Å². The molecule has 0 rings (SSSR count). The van der Waals surface area contributed by atoms with Gasteiger partial charge in [0.05, 0.1) is 18.4 Å². The second-order valence-corrected chi connectivity index (χ2v) is 6.30. The standard InChI is InChI=1S/C9H14F4O5S.Na.H/c1-7(2,3)6(14)18-5-4-8(10,11)9(12,13)19(15,16)17;;/h4-5H2,1-3H3,(H,15,16,17);;/q;+1;-1. The molecule has 1 N–H and O–H groups in total. The van der Waals surface area contributed by atoms with Crippen molar-refractivity contribution in [3.05, 3.63) is 0 Å². The molecule has 0 atom stereocenters. The minimum Gasteiger partial charge on any atom is -1.00 e. The van der Waals surface area contributed by atoms with E-state index in [0.29, 0.717) is 0 Å². The van der Waals surface area contributed by atoms with E-state index in [1.807, 2.05) is 0 Å². The van der Waals surface area contributed by atoms with Gasteiger partial charge in [0.15, 0.2) is 0 Å². The monoisotopic (exact) mass is 334 g/mol. The molecule has 20 heavy (non-hydrogen) atoms. The summed E-state index contributed by atoms with van der Waals surface area (Å²) in [6.07, 6.45) is -1.73. The first-order valence-corrected chi connectivity index (χ1v) is 6.47. The summed E-state index contributed by atoms with van der Waals surface area (Å²) in [4.78, 5) is 11.2. The Morgan fingerprint density at radius 2 is 1.60 bits per heavy atom. The Morgan fingerprint density at radius 3 is 1.90 bits per heavy atom. The molecule has 0 aromatic rings. The third-order valence-electron chi connectivity index (χ3n) is 2.01. The number of carbonyl (C=O) groups excluding carboxylic acids is 1. The second-order valence-electron chi connectivity index (χ2n) is 4.83. The van der Waals surface area contributed by atoms with Crippen molar-refractivity contribution >= 4 is 16.1 Å². The molecular weight excluding hydrogens is 319 g/mol. The SMILES string of the molecule is CC(C)(C)C(=O)OCCC(F)(F)C(F)(F)S(=O)(=O)O.[H-].[Na+]. The maximum atomic E-state index is 13.0. The zero-order valence-electron chi connectivity index (χ0n) is 12.4. The minimum absolute atomic E-state index is 0. The van der Waals surface area contributed by atoms with Crippen molar-refractivity contribution in [3.8, 4) is 0 Å². The Morgan fingerprint density at radius 1 is 1.20 bits per heavy atom. The van der Waals surface area contributed by atoms with Crippen LogP contribution in [0.5, 0.6) is 0 Å². The van der Waals surface area contributed by atoms with Gasteiger partial charge in [0.25, 0.3) is 0 Å². The molecule has 11 heteroatoms. The average Bonchev–Trinajstić information content (AvgIpc) is 2.13.